The first-order valence-electron chi connectivity index (χ1n) is 5.44. The van der Waals surface area contributed by atoms with E-state index in [9.17, 15) is 4.79 Å². The van der Waals surface area contributed by atoms with Crippen LogP contribution in [-0.2, 0) is 4.79 Å². The van der Waals surface area contributed by atoms with E-state index in [0.29, 0.717) is 6.42 Å². The molecule has 92 valence electrons. The summed E-state index contributed by atoms with van der Waals surface area (Å²) in [6, 6.07) is 5.73. The Kier molecular flexibility index (Phi) is 4.12. The number of carboxylic acid groups (broad SMARTS) is 1. The lowest BCUT2D eigenvalue weighted by molar-refractivity contribution is -0.139. The molecule has 1 aromatic rings. The van der Waals surface area contributed by atoms with Crippen LogP contribution in [0.1, 0.15) is 22.9 Å². The van der Waals surface area contributed by atoms with E-state index < -0.39 is 12.0 Å². The van der Waals surface area contributed by atoms with E-state index in [1.807, 2.05) is 13.0 Å². The highest BCUT2D eigenvalue weighted by Gasteiger charge is 2.27. The van der Waals surface area contributed by atoms with Crippen molar-refractivity contribution in [2.24, 2.45) is 0 Å². The molecule has 2 rings (SSSR count). The standard InChI is InChI=1S/C12H14BrNO2S/c1-7-2-3-8(6-9(7)13)11-14-10(12(15)16)4-5-17-11/h2-3,6,10-11,14H,4-5H2,1H3,(H,15,16). The minimum atomic E-state index is -0.763. The summed E-state index contributed by atoms with van der Waals surface area (Å²) in [6.07, 6.45) is 0.684. The number of carbonyl (C=O) groups is 1. The molecule has 1 fully saturated rings. The second-order valence-electron chi connectivity index (χ2n) is 4.11. The number of hydrogen-bond acceptors (Lipinski definition) is 3. The Bertz CT molecular complexity index is 439. The van der Waals surface area contributed by atoms with E-state index in [4.69, 9.17) is 5.11 Å². The Balaban J connectivity index is 2.16. The first kappa shape index (κ1) is 12.9. The number of hydrogen-bond donors (Lipinski definition) is 2. The number of aryl methyl sites for hydroxylation is 1. The fourth-order valence-corrected chi connectivity index (χ4v) is 3.38. The van der Waals surface area contributed by atoms with Gasteiger partial charge in [-0.3, -0.25) is 10.1 Å². The van der Waals surface area contributed by atoms with E-state index in [1.165, 1.54) is 5.56 Å². The number of aliphatic carboxylic acids is 1. The smallest absolute Gasteiger partial charge is 0.320 e. The molecule has 0 radical (unpaired) electrons. The highest BCUT2D eigenvalue weighted by Crippen LogP contribution is 2.33. The molecule has 1 aliphatic rings. The predicted octanol–water partition coefficient (Wildman–Crippen LogP) is 2.94. The summed E-state index contributed by atoms with van der Waals surface area (Å²) in [5.74, 6) is 0.113. The Morgan fingerprint density at radius 2 is 2.35 bits per heavy atom. The van der Waals surface area contributed by atoms with Gasteiger partial charge in [-0.2, -0.15) is 0 Å². The summed E-state index contributed by atoms with van der Waals surface area (Å²) in [4.78, 5) is 11.0. The summed E-state index contributed by atoms with van der Waals surface area (Å²) in [5, 5.41) is 12.3. The molecule has 2 unspecified atom stereocenters. The number of benzene rings is 1. The molecule has 0 bridgehead atoms. The van der Waals surface area contributed by atoms with E-state index in [0.717, 1.165) is 15.8 Å². The van der Waals surface area contributed by atoms with Crippen LogP contribution < -0.4 is 5.32 Å². The normalized spacial score (nSPS) is 24.6. The predicted molar refractivity (Wildman–Crippen MR) is 73.3 cm³/mol. The molecule has 0 aliphatic carbocycles. The average molecular weight is 316 g/mol. The van der Waals surface area contributed by atoms with Crippen LogP contribution in [0.3, 0.4) is 0 Å². The lowest BCUT2D eigenvalue weighted by atomic mass is 10.1. The summed E-state index contributed by atoms with van der Waals surface area (Å²) >= 11 is 5.26. The summed E-state index contributed by atoms with van der Waals surface area (Å²) < 4.78 is 1.06. The van der Waals surface area contributed by atoms with Gasteiger partial charge in [0.2, 0.25) is 0 Å². The number of halogens is 1. The Morgan fingerprint density at radius 1 is 1.59 bits per heavy atom. The number of rotatable bonds is 2. The van der Waals surface area contributed by atoms with Crippen LogP contribution in [0.5, 0.6) is 0 Å². The van der Waals surface area contributed by atoms with Crippen molar-refractivity contribution in [3.8, 4) is 0 Å². The van der Waals surface area contributed by atoms with Gasteiger partial charge in [0.15, 0.2) is 0 Å². The van der Waals surface area contributed by atoms with E-state index in [1.54, 1.807) is 11.8 Å². The largest absolute Gasteiger partial charge is 0.480 e. The molecule has 0 spiro atoms. The van der Waals surface area contributed by atoms with Crippen LogP contribution in [0.15, 0.2) is 22.7 Å². The Hall–Kier alpha value is -0.520. The van der Waals surface area contributed by atoms with E-state index >= 15 is 0 Å². The third kappa shape index (κ3) is 3.03. The van der Waals surface area contributed by atoms with Gasteiger partial charge in [0.05, 0.1) is 5.37 Å². The molecule has 1 heterocycles. The molecule has 0 saturated carbocycles. The average Bonchev–Trinajstić information content (AvgIpc) is 2.33. The van der Waals surface area contributed by atoms with Crippen LogP contribution in [0.25, 0.3) is 0 Å². The van der Waals surface area contributed by atoms with Gasteiger partial charge in [0.25, 0.3) is 0 Å². The van der Waals surface area contributed by atoms with Crippen molar-refractivity contribution in [2.75, 3.05) is 5.75 Å². The van der Waals surface area contributed by atoms with Gasteiger partial charge in [0, 0.05) is 4.47 Å². The van der Waals surface area contributed by atoms with Crippen molar-refractivity contribution < 1.29 is 9.90 Å². The maximum Gasteiger partial charge on any atom is 0.320 e. The van der Waals surface area contributed by atoms with E-state index in [2.05, 4.69) is 33.4 Å². The van der Waals surface area contributed by atoms with Gasteiger partial charge in [-0.05, 0) is 36.3 Å². The first-order chi connectivity index (χ1) is 8.08. The molecule has 17 heavy (non-hydrogen) atoms. The fraction of sp³-hybridized carbons (Fsp3) is 0.417. The SMILES string of the molecule is Cc1ccc(C2NC(C(=O)O)CCS2)cc1Br. The zero-order valence-corrected chi connectivity index (χ0v) is 11.8. The number of nitrogens with one attached hydrogen (secondary N) is 1. The summed E-state index contributed by atoms with van der Waals surface area (Å²) in [5.41, 5.74) is 2.31. The van der Waals surface area contributed by atoms with Gasteiger partial charge in [-0.1, -0.05) is 28.1 Å². The highest BCUT2D eigenvalue weighted by atomic mass is 79.9. The van der Waals surface area contributed by atoms with Gasteiger partial charge in [0.1, 0.15) is 6.04 Å². The molecule has 2 atom stereocenters. The van der Waals surface area contributed by atoms with Crippen LogP contribution in [0.2, 0.25) is 0 Å². The molecule has 2 N–H and O–H groups in total. The van der Waals surface area contributed by atoms with Crippen molar-refractivity contribution >= 4 is 33.7 Å². The zero-order chi connectivity index (χ0) is 12.4. The molecule has 0 amide bonds. The Labute approximate surface area is 113 Å². The maximum absolute atomic E-state index is 11.0. The fourth-order valence-electron chi connectivity index (χ4n) is 1.78. The van der Waals surface area contributed by atoms with Crippen LogP contribution >= 0.6 is 27.7 Å². The van der Waals surface area contributed by atoms with Gasteiger partial charge in [-0.25, -0.2) is 0 Å². The summed E-state index contributed by atoms with van der Waals surface area (Å²) in [6.45, 7) is 2.04. The second kappa shape index (κ2) is 5.42. The highest BCUT2D eigenvalue weighted by molar-refractivity contribution is 9.10. The van der Waals surface area contributed by atoms with Crippen LogP contribution in [-0.4, -0.2) is 22.9 Å². The third-order valence-electron chi connectivity index (χ3n) is 2.84. The first-order valence-corrected chi connectivity index (χ1v) is 7.28. The lowest BCUT2D eigenvalue weighted by Gasteiger charge is -2.28. The number of carboxylic acids is 1. The molecular formula is C12H14BrNO2S. The van der Waals surface area contributed by atoms with Gasteiger partial charge in [-0.15, -0.1) is 11.8 Å². The third-order valence-corrected chi connectivity index (χ3v) is 4.91. The van der Waals surface area contributed by atoms with Gasteiger partial charge < -0.3 is 5.11 Å². The van der Waals surface area contributed by atoms with Crippen LogP contribution in [0.4, 0.5) is 0 Å². The molecule has 5 heteroatoms. The zero-order valence-electron chi connectivity index (χ0n) is 9.44. The van der Waals surface area contributed by atoms with Crippen molar-refractivity contribution in [1.82, 2.24) is 5.32 Å². The Morgan fingerprint density at radius 3 is 3.00 bits per heavy atom. The van der Waals surface area contributed by atoms with Gasteiger partial charge >= 0.3 is 5.97 Å². The molecule has 0 aromatic heterocycles. The maximum atomic E-state index is 11.0. The van der Waals surface area contributed by atoms with Crippen molar-refractivity contribution in [3.63, 3.8) is 0 Å². The molecule has 1 aliphatic heterocycles. The van der Waals surface area contributed by atoms with Crippen molar-refractivity contribution in [1.29, 1.82) is 0 Å². The molecule has 1 aromatic carbocycles. The molecule has 1 saturated heterocycles. The van der Waals surface area contributed by atoms with Crippen molar-refractivity contribution in [2.45, 2.75) is 24.8 Å². The molecular weight excluding hydrogens is 302 g/mol. The van der Waals surface area contributed by atoms with E-state index in [-0.39, 0.29) is 5.37 Å². The topological polar surface area (TPSA) is 49.3 Å². The summed E-state index contributed by atoms with van der Waals surface area (Å²) in [7, 11) is 0. The van der Waals surface area contributed by atoms with Crippen molar-refractivity contribution in [3.05, 3.63) is 33.8 Å². The van der Waals surface area contributed by atoms with Crippen LogP contribution in [0, 0.1) is 6.92 Å². The minimum Gasteiger partial charge on any atom is -0.480 e. The minimum absolute atomic E-state index is 0.0711. The monoisotopic (exact) mass is 315 g/mol. The number of thioether (sulfide) groups is 1. The second-order valence-corrected chi connectivity index (χ2v) is 6.17. The lowest BCUT2D eigenvalue weighted by Crippen LogP contribution is -2.41. The quantitative estimate of drug-likeness (QED) is 0.881. The molecule has 3 nitrogen and oxygen atoms in total.